The number of anilines is 3. The van der Waals surface area contributed by atoms with Crippen LogP contribution in [0.3, 0.4) is 0 Å². The number of rotatable bonds is 10. The third-order valence-corrected chi connectivity index (χ3v) is 4.12. The minimum Gasteiger partial charge on any atom is -0.381 e. The average molecular weight is 310 g/mol. The second-order valence-electron chi connectivity index (χ2n) is 6.28. The molecule has 0 saturated carbocycles. The molecule has 23 heavy (non-hydrogen) atoms. The fraction of sp³-hybridized carbons (Fsp3) is 0.429. The van der Waals surface area contributed by atoms with E-state index < -0.39 is 0 Å². The summed E-state index contributed by atoms with van der Waals surface area (Å²) in [6.45, 7) is 4.54. The summed E-state index contributed by atoms with van der Waals surface area (Å²) in [5.74, 6) is 0. The van der Waals surface area contributed by atoms with Crippen LogP contribution < -0.4 is 10.6 Å². The molecule has 0 saturated heterocycles. The van der Waals surface area contributed by atoms with Crippen molar-refractivity contribution in [3.8, 4) is 0 Å². The van der Waals surface area contributed by atoms with Gasteiger partial charge in [0.25, 0.3) is 0 Å². The molecular formula is C21H30N2. The van der Waals surface area contributed by atoms with Crippen molar-refractivity contribution in [2.45, 2.75) is 58.4 Å². The van der Waals surface area contributed by atoms with Gasteiger partial charge in [-0.25, -0.2) is 0 Å². The van der Waals surface area contributed by atoms with Crippen LogP contribution >= 0.6 is 0 Å². The van der Waals surface area contributed by atoms with Crippen molar-refractivity contribution < 1.29 is 0 Å². The fourth-order valence-electron chi connectivity index (χ4n) is 2.79. The van der Waals surface area contributed by atoms with Gasteiger partial charge in [0, 0.05) is 11.7 Å². The van der Waals surface area contributed by atoms with Crippen molar-refractivity contribution in [3.05, 3.63) is 54.6 Å². The molecule has 1 atom stereocenters. The Balaban J connectivity index is 1.87. The van der Waals surface area contributed by atoms with E-state index in [-0.39, 0.29) is 0 Å². The first kappa shape index (κ1) is 17.4. The Morgan fingerprint density at radius 3 is 2.17 bits per heavy atom. The standard InChI is InChI=1S/C21H30N2/c1-3-4-5-6-8-13-18(2)22-20-16-11-12-17-21(20)23-19-14-9-7-10-15-19/h7,9-12,14-18,22-23H,3-6,8,13H2,1-2H3. The molecule has 0 fully saturated rings. The molecule has 1 unspecified atom stereocenters. The van der Waals surface area contributed by atoms with E-state index in [2.05, 4.69) is 73.0 Å². The first-order valence-corrected chi connectivity index (χ1v) is 8.97. The smallest absolute Gasteiger partial charge is 0.0620 e. The van der Waals surface area contributed by atoms with E-state index in [0.29, 0.717) is 6.04 Å². The molecule has 0 aliphatic heterocycles. The largest absolute Gasteiger partial charge is 0.381 e. The summed E-state index contributed by atoms with van der Waals surface area (Å²) in [6.07, 6.45) is 7.93. The molecule has 2 aromatic rings. The molecule has 124 valence electrons. The average Bonchev–Trinajstić information content (AvgIpc) is 2.57. The minimum atomic E-state index is 0.496. The fourth-order valence-corrected chi connectivity index (χ4v) is 2.79. The van der Waals surface area contributed by atoms with Gasteiger partial charge >= 0.3 is 0 Å². The van der Waals surface area contributed by atoms with Gasteiger partial charge in [0.15, 0.2) is 0 Å². The molecule has 2 rings (SSSR count). The van der Waals surface area contributed by atoms with Crippen LogP contribution in [0.25, 0.3) is 0 Å². The number of para-hydroxylation sites is 3. The molecule has 0 amide bonds. The van der Waals surface area contributed by atoms with E-state index >= 15 is 0 Å². The quantitative estimate of drug-likeness (QED) is 0.484. The van der Waals surface area contributed by atoms with E-state index in [1.807, 2.05) is 6.07 Å². The molecule has 0 aromatic heterocycles. The lowest BCUT2D eigenvalue weighted by atomic mass is 10.1. The highest BCUT2D eigenvalue weighted by Gasteiger charge is 2.06. The van der Waals surface area contributed by atoms with Crippen molar-refractivity contribution in [1.29, 1.82) is 0 Å². The maximum atomic E-state index is 3.66. The number of hydrogen-bond acceptors (Lipinski definition) is 2. The molecule has 0 radical (unpaired) electrons. The molecule has 0 bridgehead atoms. The zero-order valence-corrected chi connectivity index (χ0v) is 14.5. The second-order valence-corrected chi connectivity index (χ2v) is 6.28. The Labute approximate surface area is 141 Å². The molecule has 2 aromatic carbocycles. The summed E-state index contributed by atoms with van der Waals surface area (Å²) < 4.78 is 0. The molecular weight excluding hydrogens is 280 g/mol. The summed E-state index contributed by atoms with van der Waals surface area (Å²) >= 11 is 0. The van der Waals surface area contributed by atoms with Crippen LogP contribution in [0.5, 0.6) is 0 Å². The third kappa shape index (κ3) is 6.35. The highest BCUT2D eigenvalue weighted by Crippen LogP contribution is 2.26. The van der Waals surface area contributed by atoms with E-state index in [1.54, 1.807) is 0 Å². The van der Waals surface area contributed by atoms with Crippen LogP contribution in [0.1, 0.15) is 52.4 Å². The van der Waals surface area contributed by atoms with Gasteiger partial charge in [-0.2, -0.15) is 0 Å². The second kappa shape index (κ2) is 9.94. The van der Waals surface area contributed by atoms with Gasteiger partial charge in [-0.1, -0.05) is 69.4 Å². The van der Waals surface area contributed by atoms with E-state index in [0.717, 1.165) is 11.4 Å². The lowest BCUT2D eigenvalue weighted by molar-refractivity contribution is 0.578. The topological polar surface area (TPSA) is 24.1 Å². The molecule has 0 aliphatic rings. The summed E-state index contributed by atoms with van der Waals surface area (Å²) in [7, 11) is 0. The van der Waals surface area contributed by atoms with Gasteiger partial charge in [0.2, 0.25) is 0 Å². The van der Waals surface area contributed by atoms with Crippen molar-refractivity contribution >= 4 is 17.1 Å². The summed E-state index contributed by atoms with van der Waals surface area (Å²) in [5.41, 5.74) is 3.43. The number of unbranched alkanes of at least 4 members (excludes halogenated alkanes) is 4. The Hall–Kier alpha value is -1.96. The van der Waals surface area contributed by atoms with Gasteiger partial charge in [0.05, 0.1) is 11.4 Å². The third-order valence-electron chi connectivity index (χ3n) is 4.12. The predicted molar refractivity (Wildman–Crippen MR) is 103 cm³/mol. The Bertz CT molecular complexity index is 551. The molecule has 2 nitrogen and oxygen atoms in total. The van der Waals surface area contributed by atoms with Crippen molar-refractivity contribution in [2.24, 2.45) is 0 Å². The molecule has 2 heteroatoms. The van der Waals surface area contributed by atoms with E-state index in [4.69, 9.17) is 0 Å². The lowest BCUT2D eigenvalue weighted by Crippen LogP contribution is -2.15. The van der Waals surface area contributed by atoms with Gasteiger partial charge in [-0.15, -0.1) is 0 Å². The van der Waals surface area contributed by atoms with Crippen molar-refractivity contribution in [2.75, 3.05) is 10.6 Å². The molecule has 0 aliphatic carbocycles. The van der Waals surface area contributed by atoms with Crippen LogP contribution in [-0.4, -0.2) is 6.04 Å². The molecule has 0 heterocycles. The van der Waals surface area contributed by atoms with E-state index in [1.165, 1.54) is 44.2 Å². The zero-order valence-electron chi connectivity index (χ0n) is 14.5. The SMILES string of the molecule is CCCCCCCC(C)Nc1ccccc1Nc1ccccc1. The Morgan fingerprint density at radius 1 is 0.783 bits per heavy atom. The number of nitrogens with one attached hydrogen (secondary N) is 2. The van der Waals surface area contributed by atoms with Crippen molar-refractivity contribution in [1.82, 2.24) is 0 Å². The van der Waals surface area contributed by atoms with Gasteiger partial charge in [-0.05, 0) is 37.6 Å². The predicted octanol–water partition coefficient (Wildman–Crippen LogP) is 6.59. The van der Waals surface area contributed by atoms with Crippen LogP contribution in [0.4, 0.5) is 17.1 Å². The van der Waals surface area contributed by atoms with Gasteiger partial charge in [-0.3, -0.25) is 0 Å². The van der Waals surface area contributed by atoms with Crippen LogP contribution in [0.2, 0.25) is 0 Å². The maximum absolute atomic E-state index is 3.66. The van der Waals surface area contributed by atoms with Crippen LogP contribution in [0, 0.1) is 0 Å². The minimum absolute atomic E-state index is 0.496. The maximum Gasteiger partial charge on any atom is 0.0620 e. The molecule has 2 N–H and O–H groups in total. The first-order chi connectivity index (χ1) is 11.3. The normalized spacial score (nSPS) is 11.9. The van der Waals surface area contributed by atoms with Gasteiger partial charge < -0.3 is 10.6 Å². The Morgan fingerprint density at radius 2 is 1.43 bits per heavy atom. The summed E-state index contributed by atoms with van der Waals surface area (Å²) in [5, 5.41) is 7.16. The highest BCUT2D eigenvalue weighted by atomic mass is 15.0. The highest BCUT2D eigenvalue weighted by molar-refractivity contribution is 5.74. The van der Waals surface area contributed by atoms with Crippen LogP contribution in [0.15, 0.2) is 54.6 Å². The zero-order chi connectivity index (χ0) is 16.3. The Kier molecular flexibility index (Phi) is 7.51. The number of hydrogen-bond donors (Lipinski definition) is 2. The number of benzene rings is 2. The lowest BCUT2D eigenvalue weighted by Gasteiger charge is -2.19. The first-order valence-electron chi connectivity index (χ1n) is 8.97. The summed E-state index contributed by atoms with van der Waals surface area (Å²) in [4.78, 5) is 0. The molecule has 0 spiro atoms. The van der Waals surface area contributed by atoms with Crippen molar-refractivity contribution in [3.63, 3.8) is 0 Å². The van der Waals surface area contributed by atoms with E-state index in [9.17, 15) is 0 Å². The monoisotopic (exact) mass is 310 g/mol. The van der Waals surface area contributed by atoms with Gasteiger partial charge in [0.1, 0.15) is 0 Å². The van der Waals surface area contributed by atoms with Crippen LogP contribution in [-0.2, 0) is 0 Å². The summed E-state index contributed by atoms with van der Waals surface area (Å²) in [6, 6.07) is 19.3.